The fourth-order valence-corrected chi connectivity index (χ4v) is 1.54. The van der Waals surface area contributed by atoms with Gasteiger partial charge in [0.05, 0.1) is 18.4 Å². The highest BCUT2D eigenvalue weighted by Crippen LogP contribution is 2.59. The second-order valence-electron chi connectivity index (χ2n) is 6.06. The number of ether oxygens (including phenoxy) is 1. The van der Waals surface area contributed by atoms with E-state index in [9.17, 15) is 53.1 Å². The first-order chi connectivity index (χ1) is 11.2. The summed E-state index contributed by atoms with van der Waals surface area (Å²) in [6.07, 6.45) is -17.1. The number of esters is 1. The second kappa shape index (κ2) is 7.02. The standard InChI is InChI=1S/C13H15F11O2/c1-4-8(2,3)7(25)26-6-5-9(14,15)11(17,18)10(16,12(19,20)21)13(22,23)24/h4-6H2,1-3H3. The van der Waals surface area contributed by atoms with Gasteiger partial charge in [0.25, 0.3) is 0 Å². The number of carbonyl (C=O) groups excluding carboxylic acids is 1. The van der Waals surface area contributed by atoms with Crippen molar-refractivity contribution in [3.05, 3.63) is 0 Å². The molecule has 0 unspecified atom stereocenters. The van der Waals surface area contributed by atoms with Gasteiger partial charge in [0.1, 0.15) is 0 Å². The Morgan fingerprint density at radius 3 is 1.50 bits per heavy atom. The third-order valence-electron chi connectivity index (χ3n) is 3.76. The Labute approximate surface area is 140 Å². The van der Waals surface area contributed by atoms with Crippen molar-refractivity contribution in [1.29, 1.82) is 0 Å². The molecule has 0 N–H and O–H groups in total. The number of alkyl halides is 11. The normalized spacial score (nSPS) is 15.2. The zero-order valence-electron chi connectivity index (χ0n) is 13.6. The minimum Gasteiger partial charge on any atom is -0.465 e. The molecule has 0 aliphatic heterocycles. The summed E-state index contributed by atoms with van der Waals surface area (Å²) >= 11 is 0. The van der Waals surface area contributed by atoms with Crippen molar-refractivity contribution in [2.24, 2.45) is 5.41 Å². The van der Waals surface area contributed by atoms with Gasteiger partial charge in [-0.25, -0.2) is 4.39 Å². The minimum atomic E-state index is -7.50. The molecule has 0 amide bonds. The molecule has 2 nitrogen and oxygen atoms in total. The minimum absolute atomic E-state index is 0.105. The summed E-state index contributed by atoms with van der Waals surface area (Å²) in [6, 6.07) is 0. The van der Waals surface area contributed by atoms with Crippen molar-refractivity contribution in [2.75, 3.05) is 6.61 Å². The predicted octanol–water partition coefficient (Wildman–Crippen LogP) is 5.46. The van der Waals surface area contributed by atoms with Crippen LogP contribution in [0.3, 0.4) is 0 Å². The maximum absolute atomic E-state index is 13.4. The lowest BCUT2D eigenvalue weighted by Gasteiger charge is -2.39. The molecule has 0 fully saturated rings. The van der Waals surface area contributed by atoms with E-state index in [4.69, 9.17) is 0 Å². The molecule has 156 valence electrons. The molecule has 0 aromatic rings. The molecule has 0 aliphatic rings. The summed E-state index contributed by atoms with van der Waals surface area (Å²) in [7, 11) is 0. The molecule has 0 atom stereocenters. The van der Waals surface area contributed by atoms with Gasteiger partial charge in [-0.05, 0) is 20.3 Å². The van der Waals surface area contributed by atoms with Gasteiger partial charge in [0.15, 0.2) is 0 Å². The van der Waals surface area contributed by atoms with Crippen LogP contribution in [0, 0.1) is 5.41 Å². The summed E-state index contributed by atoms with van der Waals surface area (Å²) < 4.78 is 145. The molecule has 0 spiro atoms. The SMILES string of the molecule is CCC(C)(C)C(=O)OCCC(F)(F)C(F)(F)C(F)(C(F)(F)F)C(F)(F)F. The van der Waals surface area contributed by atoms with Crippen molar-refractivity contribution < 1.29 is 57.8 Å². The number of halogens is 11. The van der Waals surface area contributed by atoms with E-state index in [1.807, 2.05) is 0 Å². The fraction of sp³-hybridized carbons (Fsp3) is 0.923. The molecule has 0 aromatic heterocycles. The highest BCUT2D eigenvalue weighted by atomic mass is 19.4. The zero-order chi connectivity index (χ0) is 21.4. The van der Waals surface area contributed by atoms with Gasteiger partial charge >= 0.3 is 35.8 Å². The van der Waals surface area contributed by atoms with Crippen molar-refractivity contribution in [3.8, 4) is 0 Å². The van der Waals surface area contributed by atoms with Crippen molar-refractivity contribution >= 4 is 5.97 Å². The molecule has 0 heterocycles. The van der Waals surface area contributed by atoms with E-state index in [1.165, 1.54) is 20.8 Å². The van der Waals surface area contributed by atoms with Gasteiger partial charge < -0.3 is 4.74 Å². The van der Waals surface area contributed by atoms with Crippen LogP contribution in [0.2, 0.25) is 0 Å². The molecule has 0 saturated heterocycles. The van der Waals surface area contributed by atoms with Crippen LogP contribution in [0.25, 0.3) is 0 Å². The highest BCUT2D eigenvalue weighted by molar-refractivity contribution is 5.75. The number of hydrogen-bond donors (Lipinski definition) is 0. The van der Waals surface area contributed by atoms with Gasteiger partial charge in [-0.2, -0.15) is 43.9 Å². The quantitative estimate of drug-likeness (QED) is 0.410. The van der Waals surface area contributed by atoms with E-state index in [0.29, 0.717) is 0 Å². The number of carbonyl (C=O) groups is 1. The van der Waals surface area contributed by atoms with Gasteiger partial charge in [-0.3, -0.25) is 4.79 Å². The van der Waals surface area contributed by atoms with Crippen LogP contribution in [0.4, 0.5) is 48.3 Å². The zero-order valence-corrected chi connectivity index (χ0v) is 13.6. The van der Waals surface area contributed by atoms with E-state index < -0.39 is 54.3 Å². The van der Waals surface area contributed by atoms with Crippen LogP contribution in [-0.4, -0.2) is 42.4 Å². The molecule has 13 heteroatoms. The largest absolute Gasteiger partial charge is 0.465 e. The maximum Gasteiger partial charge on any atom is 0.438 e. The molecule has 0 bridgehead atoms. The molecule has 0 aromatic carbocycles. The van der Waals surface area contributed by atoms with Crippen LogP contribution >= 0.6 is 0 Å². The van der Waals surface area contributed by atoms with Crippen LogP contribution in [0.15, 0.2) is 0 Å². The van der Waals surface area contributed by atoms with E-state index in [2.05, 4.69) is 4.74 Å². The smallest absolute Gasteiger partial charge is 0.438 e. The highest BCUT2D eigenvalue weighted by Gasteiger charge is 2.89. The van der Waals surface area contributed by atoms with E-state index in [-0.39, 0.29) is 6.42 Å². The second-order valence-corrected chi connectivity index (χ2v) is 6.06. The van der Waals surface area contributed by atoms with Crippen molar-refractivity contribution in [3.63, 3.8) is 0 Å². The van der Waals surface area contributed by atoms with Crippen molar-refractivity contribution in [2.45, 2.75) is 63.5 Å². The lowest BCUT2D eigenvalue weighted by Crippen LogP contribution is -2.70. The Morgan fingerprint density at radius 2 is 1.19 bits per heavy atom. The van der Waals surface area contributed by atoms with E-state index >= 15 is 0 Å². The lowest BCUT2D eigenvalue weighted by molar-refractivity contribution is -0.427. The Balaban J connectivity index is 5.58. The van der Waals surface area contributed by atoms with E-state index in [1.54, 1.807) is 0 Å². The third-order valence-corrected chi connectivity index (χ3v) is 3.76. The molecule has 0 rings (SSSR count). The summed E-state index contributed by atoms with van der Waals surface area (Å²) in [5, 5.41) is 0. The summed E-state index contributed by atoms with van der Waals surface area (Å²) in [5.41, 5.74) is -8.76. The monoisotopic (exact) mass is 412 g/mol. The first-order valence-corrected chi connectivity index (χ1v) is 6.94. The van der Waals surface area contributed by atoms with Crippen LogP contribution in [0.1, 0.15) is 33.6 Å². The summed E-state index contributed by atoms with van der Waals surface area (Å²) in [6.45, 7) is 2.36. The van der Waals surface area contributed by atoms with E-state index in [0.717, 1.165) is 0 Å². The maximum atomic E-state index is 13.4. The molecule has 0 aliphatic carbocycles. The van der Waals surface area contributed by atoms with Gasteiger partial charge in [-0.1, -0.05) is 6.92 Å². The van der Waals surface area contributed by atoms with Gasteiger partial charge in [0.2, 0.25) is 0 Å². The Bertz CT molecular complexity index is 491. The fourth-order valence-electron chi connectivity index (χ4n) is 1.54. The Morgan fingerprint density at radius 1 is 0.808 bits per heavy atom. The third kappa shape index (κ3) is 4.16. The van der Waals surface area contributed by atoms with Crippen molar-refractivity contribution in [1.82, 2.24) is 0 Å². The Hall–Kier alpha value is -1.30. The summed E-state index contributed by atoms with van der Waals surface area (Å²) in [5.74, 6) is -14.5. The average Bonchev–Trinajstić information content (AvgIpc) is 2.43. The van der Waals surface area contributed by atoms with Crippen LogP contribution in [-0.2, 0) is 9.53 Å². The lowest BCUT2D eigenvalue weighted by atomic mass is 9.89. The summed E-state index contributed by atoms with van der Waals surface area (Å²) in [4.78, 5) is 11.5. The topological polar surface area (TPSA) is 26.3 Å². The molecule has 26 heavy (non-hydrogen) atoms. The predicted molar refractivity (Wildman–Crippen MR) is 65.5 cm³/mol. The first-order valence-electron chi connectivity index (χ1n) is 6.94. The number of hydrogen-bond acceptors (Lipinski definition) is 2. The van der Waals surface area contributed by atoms with Gasteiger partial charge in [0, 0.05) is 0 Å². The van der Waals surface area contributed by atoms with Crippen LogP contribution < -0.4 is 0 Å². The number of rotatable bonds is 7. The molecule has 0 saturated carbocycles. The Kier molecular flexibility index (Phi) is 6.67. The van der Waals surface area contributed by atoms with Crippen LogP contribution in [0.5, 0.6) is 0 Å². The molecular weight excluding hydrogens is 397 g/mol. The average molecular weight is 412 g/mol. The van der Waals surface area contributed by atoms with Gasteiger partial charge in [-0.15, -0.1) is 0 Å². The molecular formula is C13H15F11O2. The first kappa shape index (κ1) is 24.7. The molecule has 0 radical (unpaired) electrons.